The number of para-hydroxylation sites is 2. The number of nitrogens with one attached hydrogen (secondary N) is 2. The van der Waals surface area contributed by atoms with E-state index in [1.807, 2.05) is 31.2 Å². The molecule has 3 rings (SSSR count). The fourth-order valence-electron chi connectivity index (χ4n) is 2.12. The zero-order valence-corrected chi connectivity index (χ0v) is 11.6. The third kappa shape index (κ3) is 2.55. The Bertz CT molecular complexity index is 831. The van der Waals surface area contributed by atoms with Crippen LogP contribution in [0.3, 0.4) is 0 Å². The maximum atomic E-state index is 11.6. The number of carbonyl (C=O) groups is 1. The molecule has 1 heterocycles. The zero-order valence-electron chi connectivity index (χ0n) is 11.6. The minimum atomic E-state index is -0.294. The molecule has 0 aliphatic carbocycles. The number of urea groups is 1. The van der Waals surface area contributed by atoms with Crippen LogP contribution < -0.4 is 16.4 Å². The molecule has 106 valence electrons. The number of anilines is 2. The monoisotopic (exact) mass is 281 g/mol. The molecule has 0 saturated carbocycles. The first-order chi connectivity index (χ1) is 10.2. The van der Waals surface area contributed by atoms with Gasteiger partial charge in [-0.05, 0) is 31.2 Å². The Hall–Kier alpha value is -2.89. The first-order valence-corrected chi connectivity index (χ1v) is 6.68. The quantitative estimate of drug-likeness (QED) is 0.497. The number of hydrogen-bond acceptors (Lipinski definition) is 4. The number of amides is 2. The minimum Gasteiger partial charge on any atom is -0.397 e. The molecule has 0 aliphatic rings. The number of benzene rings is 2. The molecular formula is C15H15N5O. The Morgan fingerprint density at radius 1 is 1.10 bits per heavy atom. The molecule has 4 N–H and O–H groups in total. The number of nitrogens with zero attached hydrogens (tertiary/aromatic N) is 2. The van der Waals surface area contributed by atoms with Crippen molar-refractivity contribution < 1.29 is 4.79 Å². The van der Waals surface area contributed by atoms with Crippen molar-refractivity contribution in [1.29, 1.82) is 0 Å². The van der Waals surface area contributed by atoms with Crippen molar-refractivity contribution in [2.24, 2.45) is 0 Å². The van der Waals surface area contributed by atoms with Crippen molar-refractivity contribution in [3.63, 3.8) is 0 Å². The van der Waals surface area contributed by atoms with E-state index in [1.54, 1.807) is 12.1 Å². The fraction of sp³-hybridized carbons (Fsp3) is 0.133. The lowest BCUT2D eigenvalue weighted by molar-refractivity contribution is 0.252. The summed E-state index contributed by atoms with van der Waals surface area (Å²) in [5.74, 6) is 0. The van der Waals surface area contributed by atoms with E-state index in [9.17, 15) is 4.79 Å². The Kier molecular flexibility index (Phi) is 3.27. The third-order valence-electron chi connectivity index (χ3n) is 3.10. The van der Waals surface area contributed by atoms with Crippen molar-refractivity contribution in [2.75, 3.05) is 17.6 Å². The van der Waals surface area contributed by atoms with Gasteiger partial charge in [-0.15, -0.1) is 0 Å². The lowest BCUT2D eigenvalue weighted by Gasteiger charge is -2.10. The van der Waals surface area contributed by atoms with Gasteiger partial charge in [0.15, 0.2) is 0 Å². The van der Waals surface area contributed by atoms with E-state index in [2.05, 4.69) is 20.6 Å². The normalized spacial score (nSPS) is 10.7. The van der Waals surface area contributed by atoms with E-state index >= 15 is 0 Å². The summed E-state index contributed by atoms with van der Waals surface area (Å²) < 4.78 is 0. The summed E-state index contributed by atoms with van der Waals surface area (Å²) >= 11 is 0. The van der Waals surface area contributed by atoms with Gasteiger partial charge in [0.2, 0.25) is 0 Å². The predicted molar refractivity (Wildman–Crippen MR) is 84.2 cm³/mol. The van der Waals surface area contributed by atoms with E-state index in [1.165, 1.54) is 0 Å². The van der Waals surface area contributed by atoms with Crippen molar-refractivity contribution >= 4 is 39.5 Å². The highest BCUT2D eigenvalue weighted by Gasteiger charge is 2.08. The molecule has 2 aromatic carbocycles. The minimum absolute atomic E-state index is 0.294. The van der Waals surface area contributed by atoms with Crippen LogP contribution in [0.5, 0.6) is 0 Å². The average molecular weight is 281 g/mol. The van der Waals surface area contributed by atoms with Crippen molar-refractivity contribution in [2.45, 2.75) is 6.92 Å². The molecule has 0 atom stereocenters. The predicted octanol–water partition coefficient (Wildman–Crippen LogP) is 2.51. The molecule has 6 nitrogen and oxygen atoms in total. The van der Waals surface area contributed by atoms with E-state index in [0.717, 1.165) is 11.0 Å². The smallest absolute Gasteiger partial charge is 0.319 e. The van der Waals surface area contributed by atoms with Crippen LogP contribution in [0.2, 0.25) is 0 Å². The Labute approximate surface area is 121 Å². The van der Waals surface area contributed by atoms with Gasteiger partial charge in [-0.1, -0.05) is 12.1 Å². The Morgan fingerprint density at radius 2 is 1.71 bits per heavy atom. The van der Waals surface area contributed by atoms with Crippen molar-refractivity contribution in [1.82, 2.24) is 15.3 Å². The summed E-state index contributed by atoms with van der Waals surface area (Å²) in [5, 5.41) is 5.37. The molecule has 0 bridgehead atoms. The highest BCUT2D eigenvalue weighted by molar-refractivity contribution is 5.98. The van der Waals surface area contributed by atoms with Gasteiger partial charge in [0.05, 0.1) is 33.4 Å². The zero-order chi connectivity index (χ0) is 14.8. The van der Waals surface area contributed by atoms with Crippen LogP contribution in [0.15, 0.2) is 36.4 Å². The van der Waals surface area contributed by atoms with Crippen LogP contribution in [-0.4, -0.2) is 22.5 Å². The molecule has 0 aliphatic heterocycles. The number of nitrogen functional groups attached to an aromatic ring is 1. The summed E-state index contributed by atoms with van der Waals surface area (Å²) in [5.41, 5.74) is 9.96. The van der Waals surface area contributed by atoms with Crippen molar-refractivity contribution in [3.05, 3.63) is 36.4 Å². The van der Waals surface area contributed by atoms with E-state index < -0.39 is 0 Å². The second-order valence-electron chi connectivity index (χ2n) is 4.62. The standard InChI is InChI=1S/C15H15N5O/c1-2-17-15(21)20-12-8-14-13(7-9(12)16)18-10-5-3-4-6-11(10)19-14/h3-8H,2,16H2,1H3,(H2,17,20,21). The second kappa shape index (κ2) is 5.24. The molecule has 2 amide bonds. The summed E-state index contributed by atoms with van der Waals surface area (Å²) in [4.78, 5) is 20.7. The molecule has 0 unspecified atom stereocenters. The van der Waals surface area contributed by atoms with E-state index in [0.29, 0.717) is 29.0 Å². The van der Waals surface area contributed by atoms with Gasteiger partial charge in [-0.3, -0.25) is 0 Å². The summed E-state index contributed by atoms with van der Waals surface area (Å²) in [6.07, 6.45) is 0. The largest absolute Gasteiger partial charge is 0.397 e. The average Bonchev–Trinajstić information content (AvgIpc) is 2.46. The maximum absolute atomic E-state index is 11.6. The van der Waals surface area contributed by atoms with Crippen LogP contribution in [0.25, 0.3) is 22.1 Å². The van der Waals surface area contributed by atoms with Gasteiger partial charge in [0.1, 0.15) is 0 Å². The third-order valence-corrected chi connectivity index (χ3v) is 3.10. The molecule has 0 fully saturated rings. The number of carbonyl (C=O) groups excluding carboxylic acids is 1. The lowest BCUT2D eigenvalue weighted by atomic mass is 10.2. The van der Waals surface area contributed by atoms with Crippen LogP contribution >= 0.6 is 0 Å². The van der Waals surface area contributed by atoms with Gasteiger partial charge in [0.25, 0.3) is 0 Å². The molecule has 21 heavy (non-hydrogen) atoms. The van der Waals surface area contributed by atoms with Gasteiger partial charge >= 0.3 is 6.03 Å². The SMILES string of the molecule is CCNC(=O)Nc1cc2nc3ccccc3nc2cc1N. The van der Waals surface area contributed by atoms with Crippen LogP contribution in [0.1, 0.15) is 6.92 Å². The molecule has 6 heteroatoms. The number of fused-ring (bicyclic) bond motifs is 2. The molecule has 0 radical (unpaired) electrons. The van der Waals surface area contributed by atoms with Crippen LogP contribution in [0, 0.1) is 0 Å². The fourth-order valence-corrected chi connectivity index (χ4v) is 2.12. The molecule has 3 aromatic rings. The number of nitrogens with two attached hydrogens (primary N) is 1. The van der Waals surface area contributed by atoms with E-state index in [4.69, 9.17) is 5.73 Å². The molecular weight excluding hydrogens is 266 g/mol. The summed E-state index contributed by atoms with van der Waals surface area (Å²) in [7, 11) is 0. The van der Waals surface area contributed by atoms with Crippen LogP contribution in [0.4, 0.5) is 16.2 Å². The summed E-state index contributed by atoms with van der Waals surface area (Å²) in [6.45, 7) is 2.39. The number of aromatic nitrogens is 2. The molecule has 0 spiro atoms. The van der Waals surface area contributed by atoms with Gasteiger partial charge in [-0.2, -0.15) is 0 Å². The Morgan fingerprint density at radius 3 is 2.33 bits per heavy atom. The maximum Gasteiger partial charge on any atom is 0.319 e. The van der Waals surface area contributed by atoms with Gasteiger partial charge < -0.3 is 16.4 Å². The lowest BCUT2D eigenvalue weighted by Crippen LogP contribution is -2.28. The van der Waals surface area contributed by atoms with Gasteiger partial charge in [-0.25, -0.2) is 14.8 Å². The second-order valence-corrected chi connectivity index (χ2v) is 4.62. The first kappa shape index (κ1) is 13.1. The molecule has 0 saturated heterocycles. The Balaban J connectivity index is 2.09. The topological polar surface area (TPSA) is 92.9 Å². The van der Waals surface area contributed by atoms with Gasteiger partial charge in [0, 0.05) is 6.54 Å². The first-order valence-electron chi connectivity index (χ1n) is 6.68. The molecule has 1 aromatic heterocycles. The highest BCUT2D eigenvalue weighted by Crippen LogP contribution is 2.25. The summed E-state index contributed by atoms with van der Waals surface area (Å²) in [6, 6.07) is 10.8. The van der Waals surface area contributed by atoms with E-state index in [-0.39, 0.29) is 6.03 Å². The van der Waals surface area contributed by atoms with Crippen LogP contribution in [-0.2, 0) is 0 Å². The highest BCUT2D eigenvalue weighted by atomic mass is 16.2. The number of hydrogen-bond donors (Lipinski definition) is 3. The number of rotatable bonds is 2. The van der Waals surface area contributed by atoms with Crippen molar-refractivity contribution in [3.8, 4) is 0 Å².